The van der Waals surface area contributed by atoms with Crippen molar-refractivity contribution in [2.75, 3.05) is 50.2 Å². The fourth-order valence-electron chi connectivity index (χ4n) is 4.80. The molecule has 0 spiro atoms. The molecule has 6 rings (SSSR count). The molecular weight excluding hydrogens is 483 g/mol. The smallest absolute Gasteiger partial charge is 0.275 e. The molecule has 2 N–H and O–H groups in total. The van der Waals surface area contributed by atoms with Crippen LogP contribution in [0.5, 0.6) is 5.75 Å². The second-order valence-corrected chi connectivity index (χ2v) is 10.3. The van der Waals surface area contributed by atoms with E-state index in [-0.39, 0.29) is 17.0 Å². The zero-order valence-corrected chi connectivity index (χ0v) is 20.7. The van der Waals surface area contributed by atoms with Crippen LogP contribution in [0, 0.1) is 5.82 Å². The third-order valence-electron chi connectivity index (χ3n) is 6.78. The summed E-state index contributed by atoms with van der Waals surface area (Å²) in [5.74, 6) is -0.775. The van der Waals surface area contributed by atoms with Gasteiger partial charge in [-0.1, -0.05) is 23.5 Å². The van der Waals surface area contributed by atoms with Crippen LogP contribution in [0.4, 0.5) is 15.2 Å². The number of pyridine rings is 1. The van der Waals surface area contributed by atoms with Crippen molar-refractivity contribution < 1.29 is 13.9 Å². The van der Waals surface area contributed by atoms with Gasteiger partial charge in [0.05, 0.1) is 27.2 Å². The Morgan fingerprint density at radius 3 is 2.78 bits per heavy atom. The summed E-state index contributed by atoms with van der Waals surface area (Å²) in [7, 11) is 2.03. The lowest BCUT2D eigenvalue weighted by Crippen LogP contribution is -2.45. The number of thiazole rings is 1. The number of para-hydroxylation sites is 1. The summed E-state index contributed by atoms with van der Waals surface area (Å²) in [5, 5.41) is 0.623. The highest BCUT2D eigenvalue weighted by atomic mass is 32.1. The van der Waals surface area contributed by atoms with Gasteiger partial charge in [-0.2, -0.15) is 0 Å². The van der Waals surface area contributed by atoms with Crippen LogP contribution >= 0.6 is 11.3 Å². The molecule has 186 valence electrons. The number of halogens is 1. The largest absolute Gasteiger partial charge is 0.487 e. The molecule has 2 aromatic carbocycles. The maximum absolute atomic E-state index is 15.5. The van der Waals surface area contributed by atoms with Crippen LogP contribution in [-0.4, -0.2) is 60.2 Å². The number of anilines is 2. The number of carbonyl (C=O) groups excluding carboxylic acids is 1. The maximum Gasteiger partial charge on any atom is 0.275 e. The van der Waals surface area contributed by atoms with Crippen LogP contribution in [-0.2, 0) is 0 Å². The molecule has 4 aromatic rings. The number of piperazine rings is 1. The van der Waals surface area contributed by atoms with Crippen molar-refractivity contribution in [1.29, 1.82) is 0 Å². The third-order valence-corrected chi connectivity index (χ3v) is 7.73. The van der Waals surface area contributed by atoms with Gasteiger partial charge < -0.3 is 19.1 Å². The number of hydrogen-bond donors (Lipinski definition) is 2. The molecule has 2 aliphatic rings. The van der Waals surface area contributed by atoms with Gasteiger partial charge in [-0.3, -0.25) is 20.4 Å². The second kappa shape index (κ2) is 8.75. The summed E-state index contributed by atoms with van der Waals surface area (Å²) in [6.45, 7) is 5.18. The highest BCUT2D eigenvalue weighted by Crippen LogP contribution is 2.42. The molecule has 0 unspecified atom stereocenters. The van der Waals surface area contributed by atoms with Crippen molar-refractivity contribution in [1.82, 2.24) is 19.9 Å². The molecule has 0 bridgehead atoms. The van der Waals surface area contributed by atoms with E-state index in [4.69, 9.17) is 4.74 Å². The first-order valence-electron chi connectivity index (χ1n) is 11.8. The SMILES string of the molecule is C[C@H]1COc2c(N3CCN(C)CC3)c(F)cc3c(=O)c(C(=O)NNc4nc5ccccc5s4)cn1c23. The first-order valence-corrected chi connectivity index (χ1v) is 12.6. The minimum absolute atomic E-state index is 0.0810. The minimum Gasteiger partial charge on any atom is -0.487 e. The van der Waals surface area contributed by atoms with E-state index in [1.807, 2.05) is 47.7 Å². The zero-order valence-electron chi connectivity index (χ0n) is 19.9. The topological polar surface area (TPSA) is 91.7 Å². The van der Waals surface area contributed by atoms with Crippen LogP contribution < -0.4 is 25.9 Å². The maximum atomic E-state index is 15.5. The Balaban J connectivity index is 1.38. The molecular formula is C25H25FN6O3S. The number of hydrazine groups is 1. The zero-order chi connectivity index (χ0) is 25.0. The van der Waals surface area contributed by atoms with E-state index in [1.165, 1.54) is 17.4 Å². The first-order chi connectivity index (χ1) is 17.4. The molecule has 11 heteroatoms. The number of amides is 1. The number of likely N-dealkylation sites (N-methyl/N-ethyl adjacent to an activating group) is 1. The van der Waals surface area contributed by atoms with Gasteiger partial charge in [0.15, 0.2) is 11.6 Å². The summed E-state index contributed by atoms with van der Waals surface area (Å²) in [6.07, 6.45) is 1.54. The summed E-state index contributed by atoms with van der Waals surface area (Å²) >= 11 is 1.38. The number of ether oxygens (including phenoxy) is 1. The van der Waals surface area contributed by atoms with Crippen LogP contribution in [0.15, 0.2) is 41.3 Å². The molecule has 1 atom stereocenters. The summed E-state index contributed by atoms with van der Waals surface area (Å²) in [4.78, 5) is 35.0. The Bertz CT molecular complexity index is 1530. The number of benzene rings is 2. The fraction of sp³-hybridized carbons (Fsp3) is 0.320. The van der Waals surface area contributed by atoms with Crippen LogP contribution in [0.1, 0.15) is 23.3 Å². The van der Waals surface area contributed by atoms with Crippen molar-refractivity contribution in [3.8, 4) is 5.75 Å². The molecule has 9 nitrogen and oxygen atoms in total. The molecule has 4 heterocycles. The lowest BCUT2D eigenvalue weighted by atomic mass is 10.0. The number of hydrogen-bond acceptors (Lipinski definition) is 8. The lowest BCUT2D eigenvalue weighted by molar-refractivity contribution is 0.0960. The minimum atomic E-state index is -0.617. The van der Waals surface area contributed by atoms with Gasteiger partial charge in [0.2, 0.25) is 10.6 Å². The van der Waals surface area contributed by atoms with Crippen molar-refractivity contribution in [2.24, 2.45) is 0 Å². The quantitative estimate of drug-likeness (QED) is 0.409. The second-order valence-electron chi connectivity index (χ2n) is 9.23. The predicted octanol–water partition coefficient (Wildman–Crippen LogP) is 3.21. The number of nitrogens with one attached hydrogen (secondary N) is 2. The summed E-state index contributed by atoms with van der Waals surface area (Å²) in [5.41, 5.74) is 6.45. The lowest BCUT2D eigenvalue weighted by Gasteiger charge is -2.37. The molecule has 0 radical (unpaired) electrons. The Hall–Kier alpha value is -3.70. The van der Waals surface area contributed by atoms with Crippen molar-refractivity contribution in [3.63, 3.8) is 0 Å². The number of aromatic nitrogens is 2. The van der Waals surface area contributed by atoms with E-state index in [0.29, 0.717) is 41.8 Å². The predicted molar refractivity (Wildman–Crippen MR) is 139 cm³/mol. The fourth-order valence-corrected chi connectivity index (χ4v) is 5.62. The van der Waals surface area contributed by atoms with Crippen LogP contribution in [0.25, 0.3) is 21.1 Å². The highest BCUT2D eigenvalue weighted by Gasteiger charge is 2.31. The average molecular weight is 509 g/mol. The van der Waals surface area contributed by atoms with Crippen molar-refractivity contribution in [3.05, 3.63) is 58.1 Å². The van der Waals surface area contributed by atoms with Gasteiger partial charge in [0.25, 0.3) is 5.91 Å². The number of nitrogens with zero attached hydrogens (tertiary/aromatic N) is 4. The third kappa shape index (κ3) is 3.75. The standard InChI is InChI=1S/C25H25FN6O3S/c1-14-13-35-23-20-15(11-17(26)21(23)31-9-7-30(2)8-10-31)22(33)16(12-32(14)20)24(34)28-29-25-27-18-5-3-4-6-19(18)36-25/h3-6,11-12,14H,7-10,13H2,1-2H3,(H,27,29)(H,28,34)/t14-/m0/s1. The summed E-state index contributed by atoms with van der Waals surface area (Å²) in [6, 6.07) is 8.72. The van der Waals surface area contributed by atoms with E-state index in [0.717, 1.165) is 23.3 Å². The molecule has 2 aliphatic heterocycles. The number of rotatable bonds is 4. The van der Waals surface area contributed by atoms with Gasteiger partial charge in [0.1, 0.15) is 17.9 Å². The number of fused-ring (bicyclic) bond motifs is 1. The Morgan fingerprint density at radius 1 is 1.22 bits per heavy atom. The van der Waals surface area contributed by atoms with E-state index < -0.39 is 17.2 Å². The number of carbonyl (C=O) groups is 1. The van der Waals surface area contributed by atoms with Crippen LogP contribution in [0.2, 0.25) is 0 Å². The van der Waals surface area contributed by atoms with Gasteiger partial charge in [-0.05, 0) is 32.2 Å². The summed E-state index contributed by atoms with van der Waals surface area (Å²) < 4.78 is 24.3. The van der Waals surface area contributed by atoms with Crippen molar-refractivity contribution in [2.45, 2.75) is 13.0 Å². The van der Waals surface area contributed by atoms with E-state index in [1.54, 1.807) is 6.20 Å². The molecule has 2 aromatic heterocycles. The van der Waals surface area contributed by atoms with Gasteiger partial charge in [-0.15, -0.1) is 0 Å². The van der Waals surface area contributed by atoms with Crippen molar-refractivity contribution >= 4 is 49.2 Å². The van der Waals surface area contributed by atoms with Gasteiger partial charge in [0, 0.05) is 32.4 Å². The van der Waals surface area contributed by atoms with E-state index >= 15 is 4.39 Å². The average Bonchev–Trinajstić information content (AvgIpc) is 3.29. The molecule has 1 fully saturated rings. The molecule has 36 heavy (non-hydrogen) atoms. The molecule has 1 saturated heterocycles. The normalized spacial score (nSPS) is 17.9. The molecule has 0 saturated carbocycles. The molecule has 0 aliphatic carbocycles. The van der Waals surface area contributed by atoms with Crippen LogP contribution in [0.3, 0.4) is 0 Å². The Labute approximate surface area is 210 Å². The molecule has 1 amide bonds. The first kappa shape index (κ1) is 22.7. The van der Waals surface area contributed by atoms with E-state index in [2.05, 4.69) is 20.7 Å². The van der Waals surface area contributed by atoms with E-state index in [9.17, 15) is 9.59 Å². The monoisotopic (exact) mass is 508 g/mol. The highest BCUT2D eigenvalue weighted by molar-refractivity contribution is 7.22. The Kier molecular flexibility index (Phi) is 5.53. The Morgan fingerprint density at radius 2 is 2.00 bits per heavy atom. The van der Waals surface area contributed by atoms with Gasteiger partial charge in [-0.25, -0.2) is 9.37 Å². The van der Waals surface area contributed by atoms with Gasteiger partial charge >= 0.3 is 0 Å².